The van der Waals surface area contributed by atoms with Crippen LogP contribution in [0, 0.1) is 28.1 Å². The highest BCUT2D eigenvalue weighted by molar-refractivity contribution is 4.99. The molecule has 0 amide bonds. The van der Waals surface area contributed by atoms with Crippen molar-refractivity contribution in [3.63, 3.8) is 0 Å². The van der Waals surface area contributed by atoms with Crippen molar-refractivity contribution in [1.29, 1.82) is 10.5 Å². The van der Waals surface area contributed by atoms with Crippen LogP contribution in [0.3, 0.4) is 0 Å². The molecule has 0 bridgehead atoms. The standard InChI is InChI=1S/C11H22.C2N2/c1-3-4-5-8-11(2)9-6-7-10-11;3-1-2-4/h3-10H2,1-2H3;. The summed E-state index contributed by atoms with van der Waals surface area (Å²) in [6.07, 6.45) is 11.7. The van der Waals surface area contributed by atoms with E-state index in [0.717, 1.165) is 5.41 Å². The Bertz CT molecular complexity index is 214. The van der Waals surface area contributed by atoms with Crippen LogP contribution in [-0.2, 0) is 0 Å². The second kappa shape index (κ2) is 8.30. The highest BCUT2D eigenvalue weighted by Gasteiger charge is 2.27. The van der Waals surface area contributed by atoms with E-state index in [-0.39, 0.29) is 0 Å². The summed E-state index contributed by atoms with van der Waals surface area (Å²) < 4.78 is 0. The molecular weight excluding hydrogens is 184 g/mol. The number of rotatable bonds is 4. The molecule has 2 nitrogen and oxygen atoms in total. The summed E-state index contributed by atoms with van der Waals surface area (Å²) in [7, 11) is 0. The zero-order chi connectivity index (χ0) is 11.6. The van der Waals surface area contributed by atoms with E-state index in [4.69, 9.17) is 10.5 Å². The molecule has 1 rings (SSSR count). The van der Waals surface area contributed by atoms with Crippen molar-refractivity contribution >= 4 is 0 Å². The van der Waals surface area contributed by atoms with E-state index in [0.29, 0.717) is 0 Å². The molecule has 0 heterocycles. The molecule has 0 saturated heterocycles. The van der Waals surface area contributed by atoms with Crippen molar-refractivity contribution in [2.24, 2.45) is 5.41 Å². The van der Waals surface area contributed by atoms with Crippen LogP contribution in [0.25, 0.3) is 0 Å². The van der Waals surface area contributed by atoms with Gasteiger partial charge in [-0.3, -0.25) is 0 Å². The van der Waals surface area contributed by atoms with Gasteiger partial charge in [0, 0.05) is 0 Å². The second-order valence-corrected chi connectivity index (χ2v) is 4.70. The first-order valence-electron chi connectivity index (χ1n) is 5.96. The maximum absolute atomic E-state index is 7.26. The lowest BCUT2D eigenvalue weighted by Gasteiger charge is -2.22. The summed E-state index contributed by atoms with van der Waals surface area (Å²) in [5.41, 5.74) is 0.745. The van der Waals surface area contributed by atoms with E-state index in [2.05, 4.69) is 13.8 Å². The Balaban J connectivity index is 0.000000423. The number of hydrogen-bond donors (Lipinski definition) is 0. The Morgan fingerprint density at radius 3 is 2.00 bits per heavy atom. The Kier molecular flexibility index (Phi) is 7.74. The molecule has 0 radical (unpaired) electrons. The number of hydrogen-bond acceptors (Lipinski definition) is 2. The van der Waals surface area contributed by atoms with Gasteiger partial charge in [0.05, 0.1) is 0 Å². The van der Waals surface area contributed by atoms with Crippen molar-refractivity contribution in [1.82, 2.24) is 0 Å². The molecule has 84 valence electrons. The Morgan fingerprint density at radius 1 is 1.07 bits per heavy atom. The smallest absolute Gasteiger partial charge is 0.181 e. The van der Waals surface area contributed by atoms with Crippen LogP contribution < -0.4 is 0 Å². The van der Waals surface area contributed by atoms with Crippen molar-refractivity contribution in [3.8, 4) is 12.1 Å². The minimum atomic E-state index is 0.745. The molecule has 0 N–H and O–H groups in total. The van der Waals surface area contributed by atoms with Gasteiger partial charge in [0.2, 0.25) is 0 Å². The molecule has 1 saturated carbocycles. The lowest BCUT2D eigenvalue weighted by molar-refractivity contribution is 0.296. The molecule has 0 aromatic rings. The van der Waals surface area contributed by atoms with Crippen molar-refractivity contribution in [3.05, 3.63) is 0 Å². The Labute approximate surface area is 93.9 Å². The summed E-state index contributed by atoms with van der Waals surface area (Å²) in [6, 6.07) is 2.47. The van der Waals surface area contributed by atoms with Gasteiger partial charge < -0.3 is 0 Å². The number of nitriles is 2. The van der Waals surface area contributed by atoms with Gasteiger partial charge >= 0.3 is 0 Å². The first-order valence-corrected chi connectivity index (χ1v) is 5.96. The minimum Gasteiger partial charge on any atom is -0.181 e. The normalized spacial score (nSPS) is 17.1. The predicted molar refractivity (Wildman–Crippen MR) is 61.9 cm³/mol. The fourth-order valence-corrected chi connectivity index (χ4v) is 2.28. The molecule has 1 fully saturated rings. The van der Waals surface area contributed by atoms with Crippen LogP contribution in [0.15, 0.2) is 0 Å². The molecule has 0 aliphatic heterocycles. The van der Waals surface area contributed by atoms with Gasteiger partial charge in [0.15, 0.2) is 12.1 Å². The molecule has 0 aromatic heterocycles. The zero-order valence-corrected chi connectivity index (χ0v) is 10.1. The molecule has 1 aliphatic carbocycles. The van der Waals surface area contributed by atoms with Crippen molar-refractivity contribution < 1.29 is 0 Å². The largest absolute Gasteiger partial charge is 0.181 e. The number of unbranched alkanes of at least 4 members (excludes halogenated alkanes) is 2. The first kappa shape index (κ1) is 14.0. The van der Waals surface area contributed by atoms with E-state index >= 15 is 0 Å². The van der Waals surface area contributed by atoms with E-state index < -0.39 is 0 Å². The summed E-state index contributed by atoms with van der Waals surface area (Å²) in [5, 5.41) is 14.5. The van der Waals surface area contributed by atoms with Crippen LogP contribution in [0.5, 0.6) is 0 Å². The summed E-state index contributed by atoms with van der Waals surface area (Å²) in [6.45, 7) is 4.77. The molecule has 1 aliphatic rings. The van der Waals surface area contributed by atoms with E-state index in [1.54, 1.807) is 0 Å². The summed E-state index contributed by atoms with van der Waals surface area (Å²) >= 11 is 0. The Hall–Kier alpha value is -1.02. The third-order valence-electron chi connectivity index (χ3n) is 3.24. The lowest BCUT2D eigenvalue weighted by atomic mass is 9.83. The van der Waals surface area contributed by atoms with Gasteiger partial charge in [0.25, 0.3) is 0 Å². The molecule has 0 unspecified atom stereocenters. The average molecular weight is 206 g/mol. The monoisotopic (exact) mass is 206 g/mol. The summed E-state index contributed by atoms with van der Waals surface area (Å²) in [4.78, 5) is 0. The molecular formula is C13H22N2. The maximum atomic E-state index is 7.26. The zero-order valence-electron chi connectivity index (χ0n) is 10.1. The van der Waals surface area contributed by atoms with Gasteiger partial charge in [-0.1, -0.05) is 46.0 Å². The predicted octanol–water partition coefficient (Wildman–Crippen LogP) is 4.18. The molecule has 15 heavy (non-hydrogen) atoms. The first-order chi connectivity index (χ1) is 7.18. The average Bonchev–Trinajstić information content (AvgIpc) is 2.66. The third kappa shape index (κ3) is 6.97. The quantitative estimate of drug-likeness (QED) is 0.648. The summed E-state index contributed by atoms with van der Waals surface area (Å²) in [5.74, 6) is 0. The molecule has 0 aromatic carbocycles. The van der Waals surface area contributed by atoms with Crippen LogP contribution in [0.4, 0.5) is 0 Å². The molecule has 2 heteroatoms. The fourth-order valence-electron chi connectivity index (χ4n) is 2.28. The van der Waals surface area contributed by atoms with Crippen LogP contribution in [-0.4, -0.2) is 0 Å². The topological polar surface area (TPSA) is 47.6 Å². The maximum Gasteiger partial charge on any atom is 0.181 e. The SMILES string of the molecule is CCCCCC1(C)CCCC1.N#CC#N. The Morgan fingerprint density at radius 2 is 1.60 bits per heavy atom. The van der Waals surface area contributed by atoms with Crippen molar-refractivity contribution in [2.45, 2.75) is 65.2 Å². The minimum absolute atomic E-state index is 0.745. The van der Waals surface area contributed by atoms with Gasteiger partial charge in [-0.15, -0.1) is 0 Å². The van der Waals surface area contributed by atoms with Gasteiger partial charge in [-0.25, -0.2) is 0 Å². The highest BCUT2D eigenvalue weighted by Crippen LogP contribution is 2.41. The number of nitrogens with zero attached hydrogens (tertiary/aromatic N) is 2. The van der Waals surface area contributed by atoms with Crippen molar-refractivity contribution in [2.75, 3.05) is 0 Å². The van der Waals surface area contributed by atoms with Gasteiger partial charge in [-0.2, -0.15) is 10.5 Å². The van der Waals surface area contributed by atoms with Gasteiger partial charge in [0.1, 0.15) is 0 Å². The lowest BCUT2D eigenvalue weighted by Crippen LogP contribution is -2.09. The fraction of sp³-hybridized carbons (Fsp3) is 0.846. The van der Waals surface area contributed by atoms with E-state index in [1.807, 2.05) is 0 Å². The van der Waals surface area contributed by atoms with Crippen LogP contribution >= 0.6 is 0 Å². The molecule has 0 spiro atoms. The second-order valence-electron chi connectivity index (χ2n) is 4.70. The van der Waals surface area contributed by atoms with E-state index in [9.17, 15) is 0 Å². The third-order valence-corrected chi connectivity index (χ3v) is 3.24. The van der Waals surface area contributed by atoms with Crippen LogP contribution in [0.2, 0.25) is 0 Å². The van der Waals surface area contributed by atoms with E-state index in [1.165, 1.54) is 63.5 Å². The molecule has 0 atom stereocenters. The van der Waals surface area contributed by atoms with Gasteiger partial charge in [-0.05, 0) is 24.7 Å². The van der Waals surface area contributed by atoms with Crippen LogP contribution in [0.1, 0.15) is 65.2 Å². The highest BCUT2D eigenvalue weighted by atomic mass is 14.3.